The molecule has 0 bridgehead atoms. The lowest BCUT2D eigenvalue weighted by molar-refractivity contribution is -0.135. The number of hydrogen-bond acceptors (Lipinski definition) is 6. The summed E-state index contributed by atoms with van der Waals surface area (Å²) in [5.74, 6) is -0.757. The fraction of sp³-hybridized carbons (Fsp3) is 0.167. The number of rotatable bonds is 7. The van der Waals surface area contributed by atoms with Crippen LogP contribution in [-0.2, 0) is 9.59 Å². The van der Waals surface area contributed by atoms with Crippen molar-refractivity contribution in [2.75, 3.05) is 25.5 Å². The maximum absolute atomic E-state index is 13.3. The molecule has 0 unspecified atom stereocenters. The number of aryl methyl sites for hydroxylation is 1. The number of aromatic nitrogens is 2. The van der Waals surface area contributed by atoms with Crippen molar-refractivity contribution >= 4 is 39.1 Å². The molecule has 9 heteroatoms. The first-order valence-electron chi connectivity index (χ1n) is 10.1. The predicted octanol–water partition coefficient (Wildman–Crippen LogP) is 4.28. The van der Waals surface area contributed by atoms with Gasteiger partial charge in [-0.25, -0.2) is 14.4 Å². The van der Waals surface area contributed by atoms with Crippen LogP contribution in [-0.4, -0.2) is 46.9 Å². The quantitative estimate of drug-likeness (QED) is 0.441. The van der Waals surface area contributed by atoms with E-state index in [-0.39, 0.29) is 36.7 Å². The molecule has 2 heterocycles. The van der Waals surface area contributed by atoms with Crippen molar-refractivity contribution in [1.82, 2.24) is 14.9 Å². The average molecular weight is 465 g/mol. The molecule has 7 nitrogen and oxygen atoms in total. The first-order valence-corrected chi connectivity index (χ1v) is 11.0. The molecule has 2 amide bonds. The number of halogens is 1. The van der Waals surface area contributed by atoms with Crippen molar-refractivity contribution in [3.05, 3.63) is 71.6 Å². The van der Waals surface area contributed by atoms with Crippen molar-refractivity contribution in [3.8, 4) is 17.0 Å². The van der Waals surface area contributed by atoms with Gasteiger partial charge in [-0.15, -0.1) is 11.3 Å². The third kappa shape index (κ3) is 5.32. The Labute approximate surface area is 193 Å². The Bertz CT molecular complexity index is 1290. The molecule has 1 N–H and O–H groups in total. The Balaban J connectivity index is 1.42. The standard InChI is InChI=1S/C24H21FN4O3S/c1-15-3-9-18(10-4-15)28-20(30)11-29(2)21(31)12-32-23-22-19(13-33-24(22)27-14-26-23)16-5-7-17(25)8-6-16/h3-10,13-14H,11-12H2,1-2H3,(H,28,30). The van der Waals surface area contributed by atoms with E-state index in [0.29, 0.717) is 15.9 Å². The van der Waals surface area contributed by atoms with E-state index in [1.807, 2.05) is 24.4 Å². The molecule has 0 radical (unpaired) electrons. The Hall–Kier alpha value is -3.85. The highest BCUT2D eigenvalue weighted by Gasteiger charge is 2.18. The number of carbonyl (C=O) groups excluding carboxylic acids is 2. The lowest BCUT2D eigenvalue weighted by Crippen LogP contribution is -2.37. The number of nitrogens with zero attached hydrogens (tertiary/aromatic N) is 3. The van der Waals surface area contributed by atoms with Crippen LogP contribution in [0.5, 0.6) is 5.88 Å². The number of anilines is 1. The van der Waals surface area contributed by atoms with Crippen LogP contribution in [0.15, 0.2) is 60.2 Å². The normalized spacial score (nSPS) is 10.8. The van der Waals surface area contributed by atoms with Gasteiger partial charge in [-0.2, -0.15) is 0 Å². The first kappa shape index (κ1) is 22.3. The molecule has 4 aromatic rings. The zero-order valence-corrected chi connectivity index (χ0v) is 18.9. The van der Waals surface area contributed by atoms with Crippen molar-refractivity contribution in [2.24, 2.45) is 0 Å². The van der Waals surface area contributed by atoms with Gasteiger partial charge in [0.2, 0.25) is 11.8 Å². The zero-order chi connectivity index (χ0) is 23.4. The van der Waals surface area contributed by atoms with Gasteiger partial charge in [0.25, 0.3) is 5.91 Å². The van der Waals surface area contributed by atoms with E-state index >= 15 is 0 Å². The largest absolute Gasteiger partial charge is 0.467 e. The average Bonchev–Trinajstić information content (AvgIpc) is 3.24. The van der Waals surface area contributed by atoms with Gasteiger partial charge in [0.15, 0.2) is 6.61 Å². The van der Waals surface area contributed by atoms with Gasteiger partial charge in [0.1, 0.15) is 17.0 Å². The van der Waals surface area contributed by atoms with Gasteiger partial charge in [-0.05, 0) is 36.8 Å². The molecule has 33 heavy (non-hydrogen) atoms. The zero-order valence-electron chi connectivity index (χ0n) is 18.0. The van der Waals surface area contributed by atoms with Crippen molar-refractivity contribution in [3.63, 3.8) is 0 Å². The fourth-order valence-corrected chi connectivity index (χ4v) is 4.09. The van der Waals surface area contributed by atoms with Gasteiger partial charge in [-0.3, -0.25) is 9.59 Å². The van der Waals surface area contributed by atoms with Crippen LogP contribution in [0.4, 0.5) is 10.1 Å². The van der Waals surface area contributed by atoms with E-state index in [9.17, 15) is 14.0 Å². The molecular formula is C24H21FN4O3S. The molecular weight excluding hydrogens is 443 g/mol. The minimum atomic E-state index is -0.376. The molecule has 2 aromatic carbocycles. The minimum absolute atomic E-state index is 0.117. The Morgan fingerprint density at radius 2 is 1.82 bits per heavy atom. The highest BCUT2D eigenvalue weighted by Crippen LogP contribution is 2.37. The molecule has 0 atom stereocenters. The summed E-state index contributed by atoms with van der Waals surface area (Å²) < 4.78 is 19.0. The number of benzene rings is 2. The Morgan fingerprint density at radius 1 is 1.09 bits per heavy atom. The van der Waals surface area contributed by atoms with E-state index in [0.717, 1.165) is 16.7 Å². The van der Waals surface area contributed by atoms with Crippen LogP contribution < -0.4 is 10.1 Å². The molecule has 168 valence electrons. The van der Waals surface area contributed by atoms with Gasteiger partial charge in [0.05, 0.1) is 11.9 Å². The second-order valence-electron chi connectivity index (χ2n) is 7.47. The Morgan fingerprint density at radius 3 is 2.55 bits per heavy atom. The number of amides is 2. The van der Waals surface area contributed by atoms with Crippen LogP contribution in [0.25, 0.3) is 21.3 Å². The fourth-order valence-electron chi connectivity index (χ4n) is 3.18. The third-order valence-electron chi connectivity index (χ3n) is 4.96. The van der Waals surface area contributed by atoms with Gasteiger partial charge in [0, 0.05) is 23.7 Å². The number of hydrogen-bond donors (Lipinski definition) is 1. The van der Waals surface area contributed by atoms with Crippen molar-refractivity contribution in [1.29, 1.82) is 0 Å². The lowest BCUT2D eigenvalue weighted by atomic mass is 10.1. The van der Waals surface area contributed by atoms with Crippen LogP contribution in [0.3, 0.4) is 0 Å². The van der Waals surface area contributed by atoms with Crippen LogP contribution >= 0.6 is 11.3 Å². The summed E-state index contributed by atoms with van der Waals surface area (Å²) in [6.45, 7) is 1.55. The second-order valence-corrected chi connectivity index (χ2v) is 8.33. The summed E-state index contributed by atoms with van der Waals surface area (Å²) in [7, 11) is 1.53. The van der Waals surface area contributed by atoms with E-state index in [1.54, 1.807) is 24.3 Å². The lowest BCUT2D eigenvalue weighted by Gasteiger charge is -2.17. The maximum atomic E-state index is 13.3. The summed E-state index contributed by atoms with van der Waals surface area (Å²) in [6, 6.07) is 13.5. The summed E-state index contributed by atoms with van der Waals surface area (Å²) >= 11 is 1.40. The second kappa shape index (κ2) is 9.74. The molecule has 4 rings (SSSR count). The molecule has 0 saturated carbocycles. The monoisotopic (exact) mass is 464 g/mol. The summed E-state index contributed by atoms with van der Waals surface area (Å²) in [6.07, 6.45) is 1.37. The number of thiophene rings is 1. The minimum Gasteiger partial charge on any atom is -0.467 e. The maximum Gasteiger partial charge on any atom is 0.260 e. The number of likely N-dealkylation sites (N-methyl/N-ethyl adjacent to an activating group) is 1. The van der Waals surface area contributed by atoms with Crippen molar-refractivity contribution in [2.45, 2.75) is 6.92 Å². The van der Waals surface area contributed by atoms with E-state index in [4.69, 9.17) is 4.74 Å². The molecule has 0 aliphatic carbocycles. The summed E-state index contributed by atoms with van der Waals surface area (Å²) in [4.78, 5) is 35.2. The molecule has 2 aromatic heterocycles. The highest BCUT2D eigenvalue weighted by atomic mass is 32.1. The molecule has 0 fully saturated rings. The third-order valence-corrected chi connectivity index (χ3v) is 5.85. The van der Waals surface area contributed by atoms with Gasteiger partial charge < -0.3 is 15.0 Å². The van der Waals surface area contributed by atoms with Crippen molar-refractivity contribution < 1.29 is 18.7 Å². The van der Waals surface area contributed by atoms with Crippen LogP contribution in [0.2, 0.25) is 0 Å². The summed E-state index contributed by atoms with van der Waals surface area (Å²) in [5.41, 5.74) is 3.34. The van der Waals surface area contributed by atoms with E-state index in [1.165, 1.54) is 41.7 Å². The number of nitrogens with one attached hydrogen (secondary N) is 1. The van der Waals surface area contributed by atoms with Crippen LogP contribution in [0, 0.1) is 12.7 Å². The SMILES string of the molecule is Cc1ccc(NC(=O)CN(C)C(=O)COc2ncnc3scc(-c4ccc(F)cc4)c23)cc1. The van der Waals surface area contributed by atoms with Gasteiger partial charge >= 0.3 is 0 Å². The number of carbonyl (C=O) groups is 2. The number of ether oxygens (including phenoxy) is 1. The first-order chi connectivity index (χ1) is 15.9. The van der Waals surface area contributed by atoms with E-state index < -0.39 is 0 Å². The smallest absolute Gasteiger partial charge is 0.260 e. The highest BCUT2D eigenvalue weighted by molar-refractivity contribution is 7.17. The van der Waals surface area contributed by atoms with Gasteiger partial charge in [-0.1, -0.05) is 29.8 Å². The summed E-state index contributed by atoms with van der Waals surface area (Å²) in [5, 5.41) is 5.31. The molecule has 0 spiro atoms. The Kier molecular flexibility index (Phi) is 6.60. The number of fused-ring (bicyclic) bond motifs is 1. The van der Waals surface area contributed by atoms with Crippen LogP contribution in [0.1, 0.15) is 5.56 Å². The van der Waals surface area contributed by atoms with E-state index in [2.05, 4.69) is 15.3 Å². The predicted molar refractivity (Wildman–Crippen MR) is 126 cm³/mol. The topological polar surface area (TPSA) is 84.4 Å². The molecule has 0 aliphatic heterocycles. The molecule has 0 aliphatic rings. The molecule has 0 saturated heterocycles.